The molecular formula is C18H21NO2. The first-order valence-electron chi connectivity index (χ1n) is 7.34. The molecule has 2 rings (SSSR count). The van der Waals surface area contributed by atoms with E-state index in [4.69, 9.17) is 4.74 Å². The van der Waals surface area contributed by atoms with Gasteiger partial charge in [0.15, 0.2) is 0 Å². The lowest BCUT2D eigenvalue weighted by Crippen LogP contribution is -2.07. The molecule has 1 N–H and O–H groups in total. The fourth-order valence-corrected chi connectivity index (χ4v) is 2.00. The van der Waals surface area contributed by atoms with Crippen LogP contribution in [0.15, 0.2) is 54.6 Å². The highest BCUT2D eigenvalue weighted by Crippen LogP contribution is 2.11. The van der Waals surface area contributed by atoms with Crippen molar-refractivity contribution in [3.8, 4) is 0 Å². The van der Waals surface area contributed by atoms with Crippen molar-refractivity contribution in [1.82, 2.24) is 0 Å². The number of carbonyl (C=O) groups excluding carboxylic acids is 1. The summed E-state index contributed by atoms with van der Waals surface area (Å²) < 4.78 is 5.10. The molecule has 0 aliphatic rings. The number of nitrogens with one attached hydrogen (secondary N) is 1. The Bertz CT molecular complexity index is 549. The molecule has 0 radical (unpaired) electrons. The van der Waals surface area contributed by atoms with Gasteiger partial charge in [-0.1, -0.05) is 37.3 Å². The van der Waals surface area contributed by atoms with Gasteiger partial charge >= 0.3 is 5.97 Å². The highest BCUT2D eigenvalue weighted by atomic mass is 16.5. The Labute approximate surface area is 126 Å². The van der Waals surface area contributed by atoms with E-state index in [1.807, 2.05) is 37.3 Å². The number of ether oxygens (including phenoxy) is 1. The standard InChI is InChI=1S/C18H21NO2/c1-2-14-21-18(20)16-8-10-17(11-9-16)19-13-12-15-6-4-3-5-7-15/h3-11,19H,2,12-14H2,1H3. The van der Waals surface area contributed by atoms with E-state index in [0.29, 0.717) is 12.2 Å². The molecule has 3 nitrogen and oxygen atoms in total. The van der Waals surface area contributed by atoms with Gasteiger partial charge in [-0.05, 0) is 42.7 Å². The molecule has 0 amide bonds. The number of anilines is 1. The summed E-state index contributed by atoms with van der Waals surface area (Å²) in [6, 6.07) is 17.8. The van der Waals surface area contributed by atoms with Crippen LogP contribution in [0.25, 0.3) is 0 Å². The molecule has 0 spiro atoms. The predicted molar refractivity (Wildman–Crippen MR) is 85.7 cm³/mol. The summed E-state index contributed by atoms with van der Waals surface area (Å²) >= 11 is 0. The molecule has 0 saturated carbocycles. The zero-order chi connectivity index (χ0) is 14.9. The second-order valence-electron chi connectivity index (χ2n) is 4.88. The first kappa shape index (κ1) is 15.1. The minimum Gasteiger partial charge on any atom is -0.462 e. The van der Waals surface area contributed by atoms with Gasteiger partial charge in [0.1, 0.15) is 0 Å². The molecule has 110 valence electrons. The Hall–Kier alpha value is -2.29. The molecule has 2 aromatic rings. The molecule has 0 bridgehead atoms. The van der Waals surface area contributed by atoms with Crippen molar-refractivity contribution in [2.24, 2.45) is 0 Å². The Morgan fingerprint density at radius 2 is 1.76 bits per heavy atom. The van der Waals surface area contributed by atoms with Gasteiger partial charge in [0.05, 0.1) is 12.2 Å². The SMILES string of the molecule is CCCOC(=O)c1ccc(NCCc2ccccc2)cc1. The molecule has 0 heterocycles. The van der Waals surface area contributed by atoms with E-state index in [1.165, 1.54) is 5.56 Å². The van der Waals surface area contributed by atoms with E-state index in [-0.39, 0.29) is 5.97 Å². The second-order valence-corrected chi connectivity index (χ2v) is 4.88. The molecule has 0 aromatic heterocycles. The summed E-state index contributed by atoms with van der Waals surface area (Å²) in [5.74, 6) is -0.257. The largest absolute Gasteiger partial charge is 0.462 e. The van der Waals surface area contributed by atoms with E-state index >= 15 is 0 Å². The minimum atomic E-state index is -0.257. The summed E-state index contributed by atoms with van der Waals surface area (Å²) in [4.78, 5) is 11.7. The van der Waals surface area contributed by atoms with Gasteiger partial charge in [-0.3, -0.25) is 0 Å². The van der Waals surface area contributed by atoms with Crippen LogP contribution >= 0.6 is 0 Å². The van der Waals surface area contributed by atoms with E-state index in [9.17, 15) is 4.79 Å². The third-order valence-corrected chi connectivity index (χ3v) is 3.14. The quantitative estimate of drug-likeness (QED) is 0.783. The molecule has 0 fully saturated rings. The van der Waals surface area contributed by atoms with Crippen LogP contribution < -0.4 is 5.32 Å². The van der Waals surface area contributed by atoms with E-state index in [1.54, 1.807) is 12.1 Å². The molecule has 0 unspecified atom stereocenters. The fraction of sp³-hybridized carbons (Fsp3) is 0.278. The van der Waals surface area contributed by atoms with E-state index in [0.717, 1.165) is 25.1 Å². The first-order chi connectivity index (χ1) is 10.3. The lowest BCUT2D eigenvalue weighted by molar-refractivity contribution is 0.0505. The summed E-state index contributed by atoms with van der Waals surface area (Å²) in [5.41, 5.74) is 2.92. The molecule has 0 atom stereocenters. The second kappa shape index (κ2) is 8.10. The zero-order valence-corrected chi connectivity index (χ0v) is 12.3. The lowest BCUT2D eigenvalue weighted by atomic mass is 10.1. The third-order valence-electron chi connectivity index (χ3n) is 3.14. The van der Waals surface area contributed by atoms with Gasteiger partial charge in [0.2, 0.25) is 0 Å². The van der Waals surface area contributed by atoms with Crippen molar-refractivity contribution in [3.05, 3.63) is 65.7 Å². The van der Waals surface area contributed by atoms with Gasteiger partial charge in [-0.15, -0.1) is 0 Å². The van der Waals surface area contributed by atoms with Crippen LogP contribution in [-0.2, 0) is 11.2 Å². The van der Waals surface area contributed by atoms with E-state index in [2.05, 4.69) is 17.4 Å². The number of rotatable bonds is 7. The van der Waals surface area contributed by atoms with Gasteiger partial charge in [0, 0.05) is 12.2 Å². The Morgan fingerprint density at radius 1 is 1.05 bits per heavy atom. The number of benzene rings is 2. The van der Waals surface area contributed by atoms with Gasteiger partial charge in [-0.2, -0.15) is 0 Å². The van der Waals surface area contributed by atoms with Crippen LogP contribution in [0, 0.1) is 0 Å². The maximum atomic E-state index is 11.7. The van der Waals surface area contributed by atoms with Crippen LogP contribution in [0.2, 0.25) is 0 Å². The molecule has 2 aromatic carbocycles. The summed E-state index contributed by atoms with van der Waals surface area (Å²) in [6.07, 6.45) is 1.81. The normalized spacial score (nSPS) is 10.1. The third kappa shape index (κ3) is 4.95. The average molecular weight is 283 g/mol. The highest BCUT2D eigenvalue weighted by molar-refractivity contribution is 5.89. The molecule has 21 heavy (non-hydrogen) atoms. The maximum Gasteiger partial charge on any atom is 0.338 e. The summed E-state index contributed by atoms with van der Waals surface area (Å²) in [5, 5.41) is 3.35. The number of hydrogen-bond donors (Lipinski definition) is 1. The highest BCUT2D eigenvalue weighted by Gasteiger charge is 2.05. The van der Waals surface area contributed by atoms with Crippen molar-refractivity contribution in [3.63, 3.8) is 0 Å². The van der Waals surface area contributed by atoms with Crippen molar-refractivity contribution in [2.45, 2.75) is 19.8 Å². The summed E-state index contributed by atoms with van der Waals surface area (Å²) in [7, 11) is 0. The van der Waals surface area contributed by atoms with Crippen molar-refractivity contribution in [1.29, 1.82) is 0 Å². The lowest BCUT2D eigenvalue weighted by Gasteiger charge is -2.08. The fourth-order valence-electron chi connectivity index (χ4n) is 2.00. The average Bonchev–Trinajstić information content (AvgIpc) is 2.54. The number of carbonyl (C=O) groups is 1. The van der Waals surface area contributed by atoms with Crippen LogP contribution in [-0.4, -0.2) is 19.1 Å². The number of hydrogen-bond acceptors (Lipinski definition) is 3. The van der Waals surface area contributed by atoms with Gasteiger partial charge in [-0.25, -0.2) is 4.79 Å². The van der Waals surface area contributed by atoms with Crippen molar-refractivity contribution < 1.29 is 9.53 Å². The first-order valence-corrected chi connectivity index (χ1v) is 7.34. The Kier molecular flexibility index (Phi) is 5.83. The number of esters is 1. The molecule has 3 heteroatoms. The van der Waals surface area contributed by atoms with Crippen LogP contribution in [0.4, 0.5) is 5.69 Å². The van der Waals surface area contributed by atoms with Crippen LogP contribution in [0.3, 0.4) is 0 Å². The molecule has 0 aliphatic heterocycles. The smallest absolute Gasteiger partial charge is 0.338 e. The van der Waals surface area contributed by atoms with Gasteiger partial charge in [0.25, 0.3) is 0 Å². The molecule has 0 aliphatic carbocycles. The minimum absolute atomic E-state index is 0.257. The molecule has 0 saturated heterocycles. The molecular weight excluding hydrogens is 262 g/mol. The van der Waals surface area contributed by atoms with Crippen LogP contribution in [0.1, 0.15) is 29.3 Å². The Balaban J connectivity index is 1.81. The maximum absolute atomic E-state index is 11.7. The van der Waals surface area contributed by atoms with Gasteiger partial charge < -0.3 is 10.1 Å². The monoisotopic (exact) mass is 283 g/mol. The topological polar surface area (TPSA) is 38.3 Å². The van der Waals surface area contributed by atoms with E-state index < -0.39 is 0 Å². The summed E-state index contributed by atoms with van der Waals surface area (Å²) in [6.45, 7) is 3.31. The van der Waals surface area contributed by atoms with Crippen molar-refractivity contribution >= 4 is 11.7 Å². The van der Waals surface area contributed by atoms with Crippen LogP contribution in [0.5, 0.6) is 0 Å². The Morgan fingerprint density at radius 3 is 2.43 bits per heavy atom. The zero-order valence-electron chi connectivity index (χ0n) is 12.3. The van der Waals surface area contributed by atoms with Crippen molar-refractivity contribution in [2.75, 3.05) is 18.5 Å². The predicted octanol–water partition coefficient (Wildman–Crippen LogP) is 3.91.